The molecule has 2 aromatic heterocycles. The maximum Gasteiger partial charge on any atom is 0.181 e. The molecule has 0 saturated carbocycles. The summed E-state index contributed by atoms with van der Waals surface area (Å²) in [6, 6.07) is 3.52. The van der Waals surface area contributed by atoms with Crippen LogP contribution in [0.25, 0.3) is 21.9 Å². The third kappa shape index (κ3) is 1.62. The van der Waals surface area contributed by atoms with E-state index in [0.29, 0.717) is 27.9 Å². The van der Waals surface area contributed by atoms with E-state index in [1.807, 2.05) is 0 Å². The molecular weight excluding hydrogens is 246 g/mol. The minimum Gasteiger partial charge on any atom is -0.492 e. The quantitative estimate of drug-likeness (QED) is 0.729. The van der Waals surface area contributed by atoms with Crippen LogP contribution in [0.15, 0.2) is 33.5 Å². The third-order valence-electron chi connectivity index (χ3n) is 3.10. The number of fused-ring (bicyclic) bond motifs is 2. The Labute approximate surface area is 109 Å². The Kier molecular flexibility index (Phi) is 2.76. The summed E-state index contributed by atoms with van der Waals surface area (Å²) in [5.74, 6) is 0.543. The number of hydrogen-bond acceptors (Lipinski definition) is 5. The summed E-state index contributed by atoms with van der Waals surface area (Å²) in [7, 11) is 3.30. The van der Waals surface area contributed by atoms with Crippen molar-refractivity contribution >= 4 is 27.7 Å². The Morgan fingerprint density at radius 2 is 1.89 bits per heavy atom. The number of ketones is 1. The second kappa shape index (κ2) is 4.44. The van der Waals surface area contributed by atoms with Gasteiger partial charge in [0, 0.05) is 5.39 Å². The van der Waals surface area contributed by atoms with Crippen molar-refractivity contribution in [2.45, 2.75) is 0 Å². The molecule has 0 atom stereocenters. The Hall–Kier alpha value is -2.27. The van der Waals surface area contributed by atoms with Gasteiger partial charge in [-0.05, 0) is 19.2 Å². The number of hydrogen-bond donors (Lipinski definition) is 1. The first-order chi connectivity index (χ1) is 9.27. The highest BCUT2D eigenvalue weighted by molar-refractivity contribution is 6.19. The van der Waals surface area contributed by atoms with Crippen LogP contribution in [-0.4, -0.2) is 26.5 Å². The lowest BCUT2D eigenvalue weighted by Crippen LogP contribution is -2.19. The molecule has 3 rings (SSSR count). The van der Waals surface area contributed by atoms with E-state index in [9.17, 15) is 4.79 Å². The molecule has 0 bridgehead atoms. The lowest BCUT2D eigenvalue weighted by molar-refractivity contribution is 0.0996. The molecular formula is C14H13NO4. The van der Waals surface area contributed by atoms with Crippen molar-refractivity contribution in [3.05, 3.63) is 30.2 Å². The van der Waals surface area contributed by atoms with Crippen LogP contribution >= 0.6 is 0 Å². The molecule has 1 N–H and O–H groups in total. The van der Waals surface area contributed by atoms with Gasteiger partial charge in [-0.1, -0.05) is 0 Å². The number of rotatable bonds is 4. The standard InChI is InChI=1S/C14H13NO4/c1-15-7-10(16)11-8-3-5-19-14(8)13(17-2)9-4-6-18-12(9)11/h3-6,15H,7H2,1-2H3. The van der Waals surface area contributed by atoms with E-state index in [0.717, 1.165) is 5.39 Å². The van der Waals surface area contributed by atoms with Crippen LogP contribution in [0.4, 0.5) is 0 Å². The average molecular weight is 259 g/mol. The highest BCUT2D eigenvalue weighted by Crippen LogP contribution is 2.39. The molecule has 5 heteroatoms. The minimum atomic E-state index is -0.0449. The van der Waals surface area contributed by atoms with E-state index in [1.165, 1.54) is 0 Å². The van der Waals surface area contributed by atoms with Crippen molar-refractivity contribution in [2.75, 3.05) is 20.7 Å². The Morgan fingerprint density at radius 3 is 2.58 bits per heavy atom. The van der Waals surface area contributed by atoms with Crippen LogP contribution in [0.3, 0.4) is 0 Å². The Morgan fingerprint density at radius 1 is 1.21 bits per heavy atom. The number of methoxy groups -OCH3 is 1. The summed E-state index contributed by atoms with van der Waals surface area (Å²) in [4.78, 5) is 12.3. The van der Waals surface area contributed by atoms with Gasteiger partial charge in [0.05, 0.1) is 37.1 Å². The number of furan rings is 2. The largest absolute Gasteiger partial charge is 0.492 e. The molecule has 0 saturated heterocycles. The number of carbonyl (C=O) groups is 1. The van der Waals surface area contributed by atoms with Crippen LogP contribution in [0, 0.1) is 0 Å². The van der Waals surface area contributed by atoms with E-state index in [1.54, 1.807) is 38.8 Å². The SMILES string of the molecule is CNCC(=O)c1c2ccoc2c(OC)c2ccoc12. The zero-order chi connectivity index (χ0) is 13.4. The predicted octanol–water partition coefficient (Wildman–Crippen LogP) is 2.59. The second-order valence-corrected chi connectivity index (χ2v) is 4.19. The number of benzene rings is 1. The maximum atomic E-state index is 12.3. The molecule has 0 amide bonds. The molecule has 5 nitrogen and oxygen atoms in total. The van der Waals surface area contributed by atoms with Crippen molar-refractivity contribution in [2.24, 2.45) is 0 Å². The second-order valence-electron chi connectivity index (χ2n) is 4.19. The zero-order valence-corrected chi connectivity index (χ0v) is 10.6. The molecule has 98 valence electrons. The molecule has 3 aromatic rings. The highest BCUT2D eigenvalue weighted by atomic mass is 16.5. The number of ether oxygens (including phenoxy) is 1. The van der Waals surface area contributed by atoms with E-state index in [2.05, 4.69) is 5.32 Å². The molecule has 0 unspecified atom stereocenters. The van der Waals surface area contributed by atoms with Crippen molar-refractivity contribution in [1.29, 1.82) is 0 Å². The van der Waals surface area contributed by atoms with Crippen LogP contribution in [-0.2, 0) is 0 Å². The molecule has 19 heavy (non-hydrogen) atoms. The lowest BCUT2D eigenvalue weighted by atomic mass is 10.0. The average Bonchev–Trinajstić information content (AvgIpc) is 3.03. The van der Waals surface area contributed by atoms with Gasteiger partial charge in [0.1, 0.15) is 5.58 Å². The minimum absolute atomic E-state index is 0.0449. The normalized spacial score (nSPS) is 11.3. The number of Topliss-reactive ketones (excluding diaryl/α,β-unsaturated/α-hetero) is 1. The van der Waals surface area contributed by atoms with Gasteiger partial charge in [0.2, 0.25) is 0 Å². The monoisotopic (exact) mass is 259 g/mol. The van der Waals surface area contributed by atoms with Gasteiger partial charge in [0.15, 0.2) is 17.1 Å². The molecule has 0 aliphatic heterocycles. The molecule has 0 spiro atoms. The number of carbonyl (C=O) groups excluding carboxylic acids is 1. The fourth-order valence-corrected chi connectivity index (χ4v) is 2.34. The first-order valence-corrected chi connectivity index (χ1v) is 5.90. The molecule has 2 heterocycles. The maximum absolute atomic E-state index is 12.3. The van der Waals surface area contributed by atoms with Crippen molar-refractivity contribution in [1.82, 2.24) is 5.32 Å². The summed E-state index contributed by atoms with van der Waals surface area (Å²) in [6.07, 6.45) is 3.09. The summed E-state index contributed by atoms with van der Waals surface area (Å²) in [5, 5.41) is 4.30. The van der Waals surface area contributed by atoms with Crippen LogP contribution < -0.4 is 10.1 Å². The Bertz CT molecular complexity index is 702. The fraction of sp³-hybridized carbons (Fsp3) is 0.214. The molecule has 0 fully saturated rings. The molecule has 0 aliphatic carbocycles. The van der Waals surface area contributed by atoms with E-state index in [-0.39, 0.29) is 12.3 Å². The predicted molar refractivity (Wildman–Crippen MR) is 70.8 cm³/mol. The summed E-state index contributed by atoms with van der Waals surface area (Å²) in [6.45, 7) is 0.239. The summed E-state index contributed by atoms with van der Waals surface area (Å²) < 4.78 is 16.3. The van der Waals surface area contributed by atoms with E-state index >= 15 is 0 Å². The number of likely N-dealkylation sites (N-methyl/N-ethyl adjacent to an activating group) is 1. The first-order valence-electron chi connectivity index (χ1n) is 5.90. The number of nitrogens with one attached hydrogen (secondary N) is 1. The van der Waals surface area contributed by atoms with Gasteiger partial charge in [-0.15, -0.1) is 0 Å². The molecule has 1 aromatic carbocycles. The lowest BCUT2D eigenvalue weighted by Gasteiger charge is -2.07. The fourth-order valence-electron chi connectivity index (χ4n) is 2.34. The van der Waals surface area contributed by atoms with Crippen molar-refractivity contribution < 1.29 is 18.4 Å². The van der Waals surface area contributed by atoms with Gasteiger partial charge in [-0.2, -0.15) is 0 Å². The molecule has 0 aliphatic rings. The van der Waals surface area contributed by atoms with Gasteiger partial charge in [-0.25, -0.2) is 0 Å². The van der Waals surface area contributed by atoms with Crippen molar-refractivity contribution in [3.63, 3.8) is 0 Å². The highest BCUT2D eigenvalue weighted by Gasteiger charge is 2.23. The summed E-state index contributed by atoms with van der Waals surface area (Å²) >= 11 is 0. The third-order valence-corrected chi connectivity index (χ3v) is 3.10. The smallest absolute Gasteiger partial charge is 0.181 e. The van der Waals surface area contributed by atoms with Gasteiger partial charge in [0.25, 0.3) is 0 Å². The Balaban J connectivity index is 2.43. The van der Waals surface area contributed by atoms with Gasteiger partial charge in [-0.3, -0.25) is 4.79 Å². The van der Waals surface area contributed by atoms with E-state index < -0.39 is 0 Å². The zero-order valence-electron chi connectivity index (χ0n) is 10.6. The summed E-state index contributed by atoms with van der Waals surface area (Å²) in [5.41, 5.74) is 1.63. The van der Waals surface area contributed by atoms with E-state index in [4.69, 9.17) is 13.6 Å². The topological polar surface area (TPSA) is 64.6 Å². The first kappa shape index (κ1) is 11.8. The van der Waals surface area contributed by atoms with Crippen LogP contribution in [0.2, 0.25) is 0 Å². The van der Waals surface area contributed by atoms with Gasteiger partial charge < -0.3 is 18.9 Å². The van der Waals surface area contributed by atoms with Gasteiger partial charge >= 0.3 is 0 Å². The van der Waals surface area contributed by atoms with Crippen molar-refractivity contribution in [3.8, 4) is 5.75 Å². The van der Waals surface area contributed by atoms with Crippen LogP contribution in [0.1, 0.15) is 10.4 Å². The molecule has 0 radical (unpaired) electrons. The van der Waals surface area contributed by atoms with Crippen LogP contribution in [0.5, 0.6) is 5.75 Å².